The van der Waals surface area contributed by atoms with Crippen molar-refractivity contribution in [2.75, 3.05) is 18.6 Å². The molecule has 2 aliphatic rings. The number of nitrogens with two attached hydrogens (primary N) is 1. The maximum atomic E-state index is 12.5. The zero-order valence-corrected chi connectivity index (χ0v) is 16.8. The van der Waals surface area contributed by atoms with Gasteiger partial charge in [0, 0.05) is 42.6 Å². The summed E-state index contributed by atoms with van der Waals surface area (Å²) in [5, 5.41) is 10.2. The van der Waals surface area contributed by atoms with Crippen molar-refractivity contribution in [1.82, 2.24) is 15.2 Å². The summed E-state index contributed by atoms with van der Waals surface area (Å²) in [5.41, 5.74) is 2.79. The molecule has 3 heterocycles. The van der Waals surface area contributed by atoms with Crippen LogP contribution in [0.25, 0.3) is 11.5 Å². The monoisotopic (exact) mass is 406 g/mol. The minimum absolute atomic E-state index is 0.0549. The van der Waals surface area contributed by atoms with E-state index in [2.05, 4.69) is 15.2 Å². The summed E-state index contributed by atoms with van der Waals surface area (Å²) in [7, 11) is 1.64. The fourth-order valence-electron chi connectivity index (χ4n) is 4.39. The fourth-order valence-corrected chi connectivity index (χ4v) is 4.39. The van der Waals surface area contributed by atoms with Gasteiger partial charge in [-0.1, -0.05) is 0 Å². The van der Waals surface area contributed by atoms with Gasteiger partial charge in [0.25, 0.3) is 0 Å². The fraction of sp³-hybridized carbons (Fsp3) is 0.364. The van der Waals surface area contributed by atoms with Crippen LogP contribution in [0.1, 0.15) is 37.5 Å². The summed E-state index contributed by atoms with van der Waals surface area (Å²) < 4.78 is 11.3. The number of ether oxygens (including phenoxy) is 1. The van der Waals surface area contributed by atoms with Gasteiger partial charge in [0.15, 0.2) is 5.69 Å². The highest BCUT2D eigenvalue weighted by Crippen LogP contribution is 2.38. The molecule has 0 unspecified atom stereocenters. The van der Waals surface area contributed by atoms with Gasteiger partial charge in [0.2, 0.25) is 11.8 Å². The molecule has 154 valence electrons. The molecule has 5 rings (SSSR count). The molecule has 30 heavy (non-hydrogen) atoms. The average molecular weight is 406 g/mol. The van der Waals surface area contributed by atoms with E-state index in [0.29, 0.717) is 17.7 Å². The van der Waals surface area contributed by atoms with Crippen LogP contribution >= 0.6 is 0 Å². The lowest BCUT2D eigenvalue weighted by atomic mass is 9.81. The highest BCUT2D eigenvalue weighted by atomic mass is 16.5. The van der Waals surface area contributed by atoms with Crippen LogP contribution < -0.4 is 15.0 Å². The van der Waals surface area contributed by atoms with Crippen LogP contribution in [0.5, 0.6) is 5.75 Å². The Balaban J connectivity index is 1.22. The Morgan fingerprint density at radius 1 is 1.13 bits per heavy atom. The molecule has 0 bridgehead atoms. The number of hydrogen-bond donors (Lipinski definition) is 1. The van der Waals surface area contributed by atoms with Crippen molar-refractivity contribution in [3.63, 3.8) is 0 Å². The number of quaternary nitrogens is 1. The van der Waals surface area contributed by atoms with Gasteiger partial charge in [-0.2, -0.15) is 0 Å². The van der Waals surface area contributed by atoms with Crippen LogP contribution in [0, 0.1) is 5.92 Å². The minimum Gasteiger partial charge on any atom is -0.497 e. The Morgan fingerprint density at radius 2 is 1.93 bits per heavy atom. The van der Waals surface area contributed by atoms with Gasteiger partial charge >= 0.3 is 6.03 Å². The first kappa shape index (κ1) is 18.7. The van der Waals surface area contributed by atoms with E-state index in [1.54, 1.807) is 24.8 Å². The van der Waals surface area contributed by atoms with E-state index in [1.165, 1.54) is 0 Å². The lowest BCUT2D eigenvalue weighted by Gasteiger charge is -2.28. The molecule has 0 saturated heterocycles. The summed E-state index contributed by atoms with van der Waals surface area (Å²) in [6, 6.07) is 9.57. The Kier molecular flexibility index (Phi) is 4.92. The first-order valence-corrected chi connectivity index (χ1v) is 10.3. The normalized spacial score (nSPS) is 21.0. The smallest absolute Gasteiger partial charge is 0.425 e. The number of urea groups is 1. The zero-order chi connectivity index (χ0) is 20.5. The number of pyridine rings is 1. The third-order valence-corrected chi connectivity index (χ3v) is 6.08. The Hall–Kier alpha value is -3.26. The van der Waals surface area contributed by atoms with E-state index in [-0.39, 0.29) is 11.9 Å². The Labute approximate surface area is 174 Å². The molecule has 2 amide bonds. The van der Waals surface area contributed by atoms with Gasteiger partial charge < -0.3 is 9.15 Å². The lowest BCUT2D eigenvalue weighted by molar-refractivity contribution is -0.454. The van der Waals surface area contributed by atoms with E-state index in [4.69, 9.17) is 9.15 Å². The predicted octanol–water partition coefficient (Wildman–Crippen LogP) is 3.25. The number of anilines is 1. The summed E-state index contributed by atoms with van der Waals surface area (Å²) in [4.78, 5) is 18.4. The Morgan fingerprint density at radius 3 is 2.70 bits per heavy atom. The topological polar surface area (TPSA) is 98.0 Å². The molecule has 0 atom stereocenters. The second kappa shape index (κ2) is 7.87. The van der Waals surface area contributed by atoms with Gasteiger partial charge in [-0.25, -0.2) is 10.1 Å². The van der Waals surface area contributed by atoms with Crippen molar-refractivity contribution >= 4 is 17.4 Å². The predicted molar refractivity (Wildman–Crippen MR) is 110 cm³/mol. The second-order valence-corrected chi connectivity index (χ2v) is 7.92. The lowest BCUT2D eigenvalue weighted by Crippen LogP contribution is -2.82. The third-order valence-electron chi connectivity index (χ3n) is 6.08. The molecule has 8 nitrogen and oxygen atoms in total. The molecule has 1 aliphatic carbocycles. The maximum Gasteiger partial charge on any atom is 0.425 e. The number of fused-ring (bicyclic) bond motifs is 1. The minimum atomic E-state index is 0.0549. The van der Waals surface area contributed by atoms with Crippen LogP contribution in [-0.2, 0) is 0 Å². The number of carbonyl (C=O) groups excluding carboxylic acids is 1. The van der Waals surface area contributed by atoms with Crippen LogP contribution in [0.2, 0.25) is 0 Å². The van der Waals surface area contributed by atoms with Crippen LogP contribution in [0.4, 0.5) is 16.2 Å². The summed E-state index contributed by atoms with van der Waals surface area (Å²) in [6.07, 6.45) is 7.46. The third kappa shape index (κ3) is 3.54. The summed E-state index contributed by atoms with van der Waals surface area (Å²) in [5.74, 6) is 2.75. The molecule has 1 saturated carbocycles. The number of nitrogens with zero attached hydrogens (tertiary/aromatic N) is 4. The second-order valence-electron chi connectivity index (χ2n) is 7.92. The van der Waals surface area contributed by atoms with Gasteiger partial charge in [-0.05, 0) is 49.8 Å². The molecular weight excluding hydrogens is 382 g/mol. The molecule has 0 radical (unpaired) electrons. The number of benzene rings is 1. The molecule has 1 aliphatic heterocycles. The number of hydrogen-bond acceptors (Lipinski definition) is 6. The molecule has 1 aromatic carbocycles. The van der Waals surface area contributed by atoms with Crippen molar-refractivity contribution in [1.29, 1.82) is 0 Å². The molecular formula is C22H24N5O3+. The first-order valence-electron chi connectivity index (χ1n) is 10.3. The van der Waals surface area contributed by atoms with Gasteiger partial charge in [-0.15, -0.1) is 10.2 Å². The molecule has 3 aromatic rings. The average Bonchev–Trinajstić information content (AvgIpc) is 3.40. The number of aromatic nitrogens is 3. The van der Waals surface area contributed by atoms with Crippen LogP contribution in [-0.4, -0.2) is 34.9 Å². The first-order chi connectivity index (χ1) is 14.7. The number of amides is 2. The highest BCUT2D eigenvalue weighted by Gasteiger charge is 2.36. The van der Waals surface area contributed by atoms with E-state index >= 15 is 0 Å². The van der Waals surface area contributed by atoms with Gasteiger partial charge in [0.1, 0.15) is 11.4 Å². The van der Waals surface area contributed by atoms with Crippen LogP contribution in [0.15, 0.2) is 47.1 Å². The number of primary amides is 1. The quantitative estimate of drug-likeness (QED) is 0.653. The molecule has 1 fully saturated rings. The van der Waals surface area contributed by atoms with Crippen molar-refractivity contribution < 1.29 is 19.3 Å². The summed E-state index contributed by atoms with van der Waals surface area (Å²) >= 11 is 0. The van der Waals surface area contributed by atoms with Crippen LogP contribution in [0.3, 0.4) is 0 Å². The largest absolute Gasteiger partial charge is 0.497 e. The van der Waals surface area contributed by atoms with Crippen molar-refractivity contribution in [2.45, 2.75) is 31.6 Å². The number of rotatable bonds is 5. The SMILES string of the molecule is COc1ccc2c(c1)N(CC1CCC(c3nnc(-c4ccncc4)o3)CC1)C(=O)[NH2+]2. The molecule has 8 heteroatoms. The standard InChI is InChI=1S/C22H23N5O3/c1-29-17-6-7-18-19(12-17)27(22(28)24-18)13-14-2-4-15(5-3-14)20-25-26-21(30-20)16-8-10-23-11-9-16/h6-12,14-15H,2-5,13H2,1H3,(H,24,28)/p+1. The van der Waals surface area contributed by atoms with Crippen molar-refractivity contribution in [2.24, 2.45) is 5.92 Å². The maximum absolute atomic E-state index is 12.5. The highest BCUT2D eigenvalue weighted by molar-refractivity contribution is 5.95. The molecule has 0 spiro atoms. The van der Waals surface area contributed by atoms with E-state index in [0.717, 1.165) is 54.9 Å². The number of methoxy groups -OCH3 is 1. The summed E-state index contributed by atoms with van der Waals surface area (Å²) in [6.45, 7) is 0.730. The zero-order valence-electron chi connectivity index (χ0n) is 16.8. The Bertz CT molecular complexity index is 1040. The molecule has 2 aromatic heterocycles. The van der Waals surface area contributed by atoms with Crippen molar-refractivity contribution in [3.05, 3.63) is 48.6 Å². The van der Waals surface area contributed by atoms with E-state index < -0.39 is 0 Å². The van der Waals surface area contributed by atoms with E-state index in [9.17, 15) is 4.79 Å². The number of carbonyl (C=O) groups is 1. The van der Waals surface area contributed by atoms with Gasteiger partial charge in [-0.3, -0.25) is 9.88 Å². The van der Waals surface area contributed by atoms with Crippen molar-refractivity contribution in [3.8, 4) is 17.2 Å². The van der Waals surface area contributed by atoms with E-state index in [1.807, 2.05) is 35.2 Å². The molecule has 2 N–H and O–H groups in total. The van der Waals surface area contributed by atoms with Gasteiger partial charge in [0.05, 0.1) is 7.11 Å².